The molecule has 0 radical (unpaired) electrons. The Morgan fingerprint density at radius 1 is 1.50 bits per heavy atom. The fraction of sp³-hybridized carbons (Fsp3) is 0.625. The first-order valence-electron chi connectivity index (χ1n) is 3.88. The van der Waals surface area contributed by atoms with Crippen molar-refractivity contribution in [3.8, 4) is 0 Å². The zero-order chi connectivity index (χ0) is 9.40. The van der Waals surface area contributed by atoms with Gasteiger partial charge < -0.3 is 5.73 Å². The van der Waals surface area contributed by atoms with Crippen LogP contribution in [0, 0.1) is 0 Å². The first-order valence-corrected chi connectivity index (χ1v) is 3.88. The highest BCUT2D eigenvalue weighted by Crippen LogP contribution is 1.94. The van der Waals surface area contributed by atoms with Crippen LogP contribution in [0.5, 0.6) is 0 Å². The molecule has 0 aromatic carbocycles. The molecule has 0 saturated carbocycles. The van der Waals surface area contributed by atoms with Gasteiger partial charge in [-0.1, -0.05) is 6.58 Å². The third-order valence-corrected chi connectivity index (χ3v) is 1.16. The highest BCUT2D eigenvalue weighted by Gasteiger charge is 2.02. The first kappa shape index (κ1) is 11.1. The molecule has 4 heteroatoms. The molecule has 0 bridgehead atoms. The minimum absolute atomic E-state index is 0.328. The van der Waals surface area contributed by atoms with Crippen molar-refractivity contribution < 1.29 is 14.6 Å². The lowest BCUT2D eigenvalue weighted by molar-refractivity contribution is -0.268. The van der Waals surface area contributed by atoms with E-state index in [1.54, 1.807) is 6.92 Å². The molecule has 4 nitrogen and oxygen atoms in total. The first-order chi connectivity index (χ1) is 5.68. The summed E-state index contributed by atoms with van der Waals surface area (Å²) in [6, 6.07) is 0. The van der Waals surface area contributed by atoms with Gasteiger partial charge in [-0.25, -0.2) is 4.79 Å². The molecule has 0 aliphatic rings. The van der Waals surface area contributed by atoms with Crippen LogP contribution in [0.1, 0.15) is 19.8 Å². The van der Waals surface area contributed by atoms with Gasteiger partial charge >= 0.3 is 5.97 Å². The minimum atomic E-state index is -0.525. The zero-order valence-electron chi connectivity index (χ0n) is 7.34. The van der Waals surface area contributed by atoms with E-state index in [0.717, 1.165) is 12.8 Å². The van der Waals surface area contributed by atoms with Gasteiger partial charge in [0.1, 0.15) is 0 Å². The molecule has 0 aliphatic heterocycles. The quantitative estimate of drug-likeness (QED) is 0.279. The maximum absolute atomic E-state index is 10.7. The smallest absolute Gasteiger partial charge is 0.330 e. The normalized spacial score (nSPS) is 9.50. The summed E-state index contributed by atoms with van der Waals surface area (Å²) in [6.45, 7) is 5.96. The molecule has 0 spiro atoms. The Labute approximate surface area is 72.3 Å². The molecule has 0 aromatic heterocycles. The van der Waals surface area contributed by atoms with Crippen molar-refractivity contribution in [3.63, 3.8) is 0 Å². The van der Waals surface area contributed by atoms with E-state index < -0.39 is 5.97 Å². The molecule has 0 heterocycles. The highest BCUT2D eigenvalue weighted by atomic mass is 17.2. The molecule has 0 aromatic rings. The fourth-order valence-electron chi connectivity index (χ4n) is 0.472. The highest BCUT2D eigenvalue weighted by molar-refractivity contribution is 5.86. The van der Waals surface area contributed by atoms with Gasteiger partial charge in [0.25, 0.3) is 0 Å². The number of hydrogen-bond donors (Lipinski definition) is 1. The molecule has 0 unspecified atom stereocenters. The van der Waals surface area contributed by atoms with Crippen LogP contribution in [0.4, 0.5) is 0 Å². The second kappa shape index (κ2) is 6.82. The molecule has 2 N–H and O–H groups in total. The maximum atomic E-state index is 10.7. The molecular weight excluding hydrogens is 158 g/mol. The summed E-state index contributed by atoms with van der Waals surface area (Å²) in [5.74, 6) is -0.525. The van der Waals surface area contributed by atoms with Crippen LogP contribution in [-0.2, 0) is 14.6 Å². The number of carbonyl (C=O) groups is 1. The summed E-state index contributed by atoms with van der Waals surface area (Å²) in [6.07, 6.45) is 1.66. The van der Waals surface area contributed by atoms with Gasteiger partial charge in [0.2, 0.25) is 0 Å². The van der Waals surface area contributed by atoms with Crippen LogP contribution >= 0.6 is 0 Å². The van der Waals surface area contributed by atoms with E-state index in [9.17, 15) is 4.79 Å². The lowest BCUT2D eigenvalue weighted by atomic mass is 10.3. The van der Waals surface area contributed by atoms with Crippen molar-refractivity contribution >= 4 is 5.97 Å². The Balaban J connectivity index is 3.20. The summed E-state index contributed by atoms with van der Waals surface area (Å²) >= 11 is 0. The third-order valence-electron chi connectivity index (χ3n) is 1.16. The Kier molecular flexibility index (Phi) is 6.32. The van der Waals surface area contributed by atoms with Gasteiger partial charge in [-0.3, -0.25) is 4.89 Å². The number of nitrogens with two attached hydrogens (primary N) is 1. The van der Waals surface area contributed by atoms with Crippen LogP contribution in [-0.4, -0.2) is 19.1 Å². The van der Waals surface area contributed by atoms with Crippen molar-refractivity contribution in [2.45, 2.75) is 19.8 Å². The van der Waals surface area contributed by atoms with E-state index in [-0.39, 0.29) is 0 Å². The summed E-state index contributed by atoms with van der Waals surface area (Å²) in [7, 11) is 0. The van der Waals surface area contributed by atoms with Crippen molar-refractivity contribution in [2.75, 3.05) is 13.2 Å². The molecule has 0 fully saturated rings. The van der Waals surface area contributed by atoms with Crippen LogP contribution in [0.15, 0.2) is 12.2 Å². The number of carbonyl (C=O) groups excluding carboxylic acids is 1. The number of unbranched alkanes of at least 4 members (excludes halogenated alkanes) is 1. The van der Waals surface area contributed by atoms with Crippen LogP contribution < -0.4 is 5.73 Å². The van der Waals surface area contributed by atoms with Gasteiger partial charge in [-0.15, -0.1) is 0 Å². The van der Waals surface area contributed by atoms with E-state index in [1.165, 1.54) is 0 Å². The zero-order valence-corrected chi connectivity index (χ0v) is 7.34. The van der Waals surface area contributed by atoms with E-state index in [0.29, 0.717) is 18.7 Å². The maximum Gasteiger partial charge on any atom is 0.368 e. The molecular formula is C8H15NO3. The molecule has 0 rings (SSSR count). The van der Waals surface area contributed by atoms with Gasteiger partial charge in [0.15, 0.2) is 0 Å². The van der Waals surface area contributed by atoms with Gasteiger partial charge in [0, 0.05) is 5.57 Å². The van der Waals surface area contributed by atoms with Crippen LogP contribution in [0.2, 0.25) is 0 Å². The van der Waals surface area contributed by atoms with E-state index in [4.69, 9.17) is 5.73 Å². The molecule has 0 aliphatic carbocycles. The SMILES string of the molecule is C=C(C)C(=O)OOCCCCN. The third kappa shape index (κ3) is 5.88. The Morgan fingerprint density at radius 3 is 2.67 bits per heavy atom. The lowest BCUT2D eigenvalue weighted by Crippen LogP contribution is -2.08. The van der Waals surface area contributed by atoms with Crippen LogP contribution in [0.3, 0.4) is 0 Å². The standard InChI is InChI=1S/C8H15NO3/c1-7(2)8(10)12-11-6-4-3-5-9/h1,3-6,9H2,2H3. The van der Waals surface area contributed by atoms with Crippen molar-refractivity contribution in [1.82, 2.24) is 0 Å². The minimum Gasteiger partial charge on any atom is -0.330 e. The topological polar surface area (TPSA) is 61.5 Å². The van der Waals surface area contributed by atoms with E-state index >= 15 is 0 Å². The van der Waals surface area contributed by atoms with Gasteiger partial charge in [-0.2, -0.15) is 4.89 Å². The van der Waals surface area contributed by atoms with Crippen molar-refractivity contribution in [3.05, 3.63) is 12.2 Å². The molecule has 0 amide bonds. The largest absolute Gasteiger partial charge is 0.368 e. The van der Waals surface area contributed by atoms with Crippen molar-refractivity contribution in [2.24, 2.45) is 5.73 Å². The summed E-state index contributed by atoms with van der Waals surface area (Å²) < 4.78 is 0. The molecule has 0 saturated heterocycles. The van der Waals surface area contributed by atoms with Crippen LogP contribution in [0.25, 0.3) is 0 Å². The lowest BCUT2D eigenvalue weighted by Gasteiger charge is -2.01. The number of rotatable bonds is 6. The molecule has 70 valence electrons. The predicted molar refractivity (Wildman–Crippen MR) is 45.1 cm³/mol. The summed E-state index contributed by atoms with van der Waals surface area (Å²) in [4.78, 5) is 19.7. The summed E-state index contributed by atoms with van der Waals surface area (Å²) in [5, 5.41) is 0. The van der Waals surface area contributed by atoms with Crippen molar-refractivity contribution in [1.29, 1.82) is 0 Å². The average molecular weight is 173 g/mol. The second-order valence-electron chi connectivity index (χ2n) is 2.47. The Morgan fingerprint density at radius 2 is 2.17 bits per heavy atom. The number of hydrogen-bond acceptors (Lipinski definition) is 4. The van der Waals surface area contributed by atoms with E-state index in [2.05, 4.69) is 16.4 Å². The molecule has 12 heavy (non-hydrogen) atoms. The fourth-order valence-corrected chi connectivity index (χ4v) is 0.472. The van der Waals surface area contributed by atoms with E-state index in [1.807, 2.05) is 0 Å². The predicted octanol–water partition coefficient (Wildman–Crippen LogP) is 0.776. The van der Waals surface area contributed by atoms with Gasteiger partial charge in [-0.05, 0) is 26.3 Å². The Bertz CT molecular complexity index is 156. The second-order valence-corrected chi connectivity index (χ2v) is 2.47. The molecule has 0 atom stereocenters. The Hall–Kier alpha value is -0.870. The average Bonchev–Trinajstić information content (AvgIpc) is 2.03. The van der Waals surface area contributed by atoms with Gasteiger partial charge in [0.05, 0.1) is 6.61 Å². The monoisotopic (exact) mass is 173 g/mol. The summed E-state index contributed by atoms with van der Waals surface area (Å²) in [5.41, 5.74) is 5.57.